The molecule has 1 aliphatic rings. The number of aromatic nitrogens is 2. The highest BCUT2D eigenvalue weighted by atomic mass is 16.1. The van der Waals surface area contributed by atoms with E-state index in [2.05, 4.69) is 32.7 Å². The Balaban J connectivity index is 1.58. The molecule has 0 saturated heterocycles. The zero-order chi connectivity index (χ0) is 18.2. The lowest BCUT2D eigenvalue weighted by molar-refractivity contribution is 0.0949. The van der Waals surface area contributed by atoms with Crippen molar-refractivity contribution in [3.63, 3.8) is 0 Å². The molecule has 0 bridgehead atoms. The molecule has 5 heteroatoms. The molecule has 1 aliphatic carbocycles. The summed E-state index contributed by atoms with van der Waals surface area (Å²) in [7, 11) is 0. The van der Waals surface area contributed by atoms with Crippen LogP contribution < -0.4 is 10.6 Å². The topological polar surface area (TPSA) is 66.9 Å². The minimum atomic E-state index is -0.143. The van der Waals surface area contributed by atoms with Crippen molar-refractivity contribution in [2.45, 2.75) is 57.9 Å². The molecule has 0 radical (unpaired) electrons. The highest BCUT2D eigenvalue weighted by Gasteiger charge is 2.15. The summed E-state index contributed by atoms with van der Waals surface area (Å²) in [6.45, 7) is 2.43. The van der Waals surface area contributed by atoms with Gasteiger partial charge in [0.25, 0.3) is 5.91 Å². The molecule has 138 valence electrons. The zero-order valence-corrected chi connectivity index (χ0v) is 15.5. The van der Waals surface area contributed by atoms with Gasteiger partial charge in [0.2, 0.25) is 0 Å². The first-order valence-electron chi connectivity index (χ1n) is 9.65. The van der Waals surface area contributed by atoms with Gasteiger partial charge in [-0.15, -0.1) is 0 Å². The van der Waals surface area contributed by atoms with Crippen LogP contribution in [-0.2, 0) is 6.42 Å². The van der Waals surface area contributed by atoms with E-state index in [0.717, 1.165) is 12.2 Å². The fourth-order valence-corrected chi connectivity index (χ4v) is 3.45. The molecule has 1 heterocycles. The molecule has 26 heavy (non-hydrogen) atoms. The molecular weight excluding hydrogens is 324 g/mol. The molecule has 1 saturated carbocycles. The molecule has 2 N–H and O–H groups in total. The SMILES string of the molecule is Cc1nc(NC2CCCCCC2)cc(C(=O)NCCc2ccccc2)n1. The molecular formula is C21H28N4O. The molecule has 1 aromatic heterocycles. The van der Waals surface area contributed by atoms with E-state index in [4.69, 9.17) is 0 Å². The van der Waals surface area contributed by atoms with Gasteiger partial charge in [0.05, 0.1) is 0 Å². The predicted molar refractivity (Wildman–Crippen MR) is 104 cm³/mol. The van der Waals surface area contributed by atoms with Crippen LogP contribution in [0, 0.1) is 6.92 Å². The van der Waals surface area contributed by atoms with Gasteiger partial charge < -0.3 is 10.6 Å². The van der Waals surface area contributed by atoms with Gasteiger partial charge in [0, 0.05) is 18.7 Å². The zero-order valence-electron chi connectivity index (χ0n) is 15.5. The fraction of sp³-hybridized carbons (Fsp3) is 0.476. The average molecular weight is 352 g/mol. The Labute approximate surface area is 155 Å². The molecule has 0 unspecified atom stereocenters. The molecule has 2 aromatic rings. The van der Waals surface area contributed by atoms with Gasteiger partial charge in [0.15, 0.2) is 0 Å². The van der Waals surface area contributed by atoms with Gasteiger partial charge >= 0.3 is 0 Å². The summed E-state index contributed by atoms with van der Waals surface area (Å²) in [6, 6.07) is 12.4. The fourth-order valence-electron chi connectivity index (χ4n) is 3.45. The van der Waals surface area contributed by atoms with E-state index in [1.165, 1.54) is 44.1 Å². The Bertz CT molecular complexity index is 709. The van der Waals surface area contributed by atoms with E-state index in [-0.39, 0.29) is 5.91 Å². The molecule has 5 nitrogen and oxygen atoms in total. The largest absolute Gasteiger partial charge is 0.367 e. The van der Waals surface area contributed by atoms with Crippen LogP contribution in [0.3, 0.4) is 0 Å². The molecule has 3 rings (SSSR count). The van der Waals surface area contributed by atoms with Gasteiger partial charge in [-0.3, -0.25) is 4.79 Å². The number of nitrogens with zero attached hydrogens (tertiary/aromatic N) is 2. The van der Waals surface area contributed by atoms with Crippen LogP contribution >= 0.6 is 0 Å². The number of hydrogen-bond acceptors (Lipinski definition) is 4. The summed E-state index contributed by atoms with van der Waals surface area (Å²) in [5.41, 5.74) is 1.64. The van der Waals surface area contributed by atoms with Crippen LogP contribution in [-0.4, -0.2) is 28.5 Å². The van der Waals surface area contributed by atoms with Crippen LogP contribution in [0.15, 0.2) is 36.4 Å². The van der Waals surface area contributed by atoms with E-state index < -0.39 is 0 Å². The number of carbonyl (C=O) groups is 1. The number of nitrogens with one attached hydrogen (secondary N) is 2. The Kier molecular flexibility index (Phi) is 6.58. The summed E-state index contributed by atoms with van der Waals surface area (Å²) in [5.74, 6) is 1.24. The number of anilines is 1. The van der Waals surface area contributed by atoms with Crippen molar-refractivity contribution in [1.82, 2.24) is 15.3 Å². The number of rotatable bonds is 6. The van der Waals surface area contributed by atoms with Crippen LogP contribution in [0.5, 0.6) is 0 Å². The van der Waals surface area contributed by atoms with Crippen LogP contribution in [0.1, 0.15) is 60.4 Å². The number of benzene rings is 1. The Morgan fingerprint density at radius 2 is 1.81 bits per heavy atom. The maximum Gasteiger partial charge on any atom is 0.270 e. The standard InChI is InChI=1S/C21H28N4O/c1-16-23-19(21(26)22-14-13-17-9-5-4-6-10-17)15-20(24-16)25-18-11-7-2-3-8-12-18/h4-6,9-10,15,18H,2-3,7-8,11-14H2,1H3,(H,22,26)(H,23,24,25). The van der Waals surface area contributed by atoms with Gasteiger partial charge in [-0.05, 0) is 31.7 Å². The first-order valence-corrected chi connectivity index (χ1v) is 9.65. The van der Waals surface area contributed by atoms with E-state index in [9.17, 15) is 4.79 Å². The van der Waals surface area contributed by atoms with Crippen LogP contribution in [0.4, 0.5) is 5.82 Å². The van der Waals surface area contributed by atoms with Gasteiger partial charge in [-0.1, -0.05) is 56.0 Å². The summed E-state index contributed by atoms with van der Waals surface area (Å²) >= 11 is 0. The first-order chi connectivity index (χ1) is 12.7. The maximum absolute atomic E-state index is 12.5. The monoisotopic (exact) mass is 352 g/mol. The predicted octanol–water partition coefficient (Wildman–Crippen LogP) is 3.89. The van der Waals surface area contributed by atoms with Crippen molar-refractivity contribution in [1.29, 1.82) is 0 Å². The first kappa shape index (κ1) is 18.4. The molecule has 0 atom stereocenters. The van der Waals surface area contributed by atoms with Gasteiger partial charge in [0.1, 0.15) is 17.3 Å². The van der Waals surface area contributed by atoms with Crippen molar-refractivity contribution < 1.29 is 4.79 Å². The smallest absolute Gasteiger partial charge is 0.270 e. The van der Waals surface area contributed by atoms with Crippen molar-refractivity contribution >= 4 is 11.7 Å². The van der Waals surface area contributed by atoms with E-state index in [0.29, 0.717) is 24.1 Å². The lowest BCUT2D eigenvalue weighted by Crippen LogP contribution is -2.27. The summed E-state index contributed by atoms with van der Waals surface area (Å²) in [5, 5.41) is 6.47. The highest BCUT2D eigenvalue weighted by molar-refractivity contribution is 5.92. The second-order valence-corrected chi connectivity index (χ2v) is 7.01. The second kappa shape index (κ2) is 9.32. The average Bonchev–Trinajstić information content (AvgIpc) is 2.91. The Morgan fingerprint density at radius 1 is 1.08 bits per heavy atom. The van der Waals surface area contributed by atoms with Crippen molar-refractivity contribution in [2.24, 2.45) is 0 Å². The summed E-state index contributed by atoms with van der Waals surface area (Å²) in [4.78, 5) is 21.2. The van der Waals surface area contributed by atoms with Crippen molar-refractivity contribution in [3.8, 4) is 0 Å². The van der Waals surface area contributed by atoms with Crippen LogP contribution in [0.25, 0.3) is 0 Å². The number of hydrogen-bond donors (Lipinski definition) is 2. The second-order valence-electron chi connectivity index (χ2n) is 7.01. The minimum absolute atomic E-state index is 0.143. The molecule has 0 aliphatic heterocycles. The van der Waals surface area contributed by atoms with Gasteiger partial charge in [-0.2, -0.15) is 0 Å². The summed E-state index contributed by atoms with van der Waals surface area (Å²) in [6.07, 6.45) is 8.29. The third kappa shape index (κ3) is 5.55. The van der Waals surface area contributed by atoms with E-state index in [1.807, 2.05) is 25.1 Å². The number of amides is 1. The lowest BCUT2D eigenvalue weighted by atomic mass is 10.1. The molecule has 1 fully saturated rings. The minimum Gasteiger partial charge on any atom is -0.367 e. The highest BCUT2D eigenvalue weighted by Crippen LogP contribution is 2.20. The Hall–Kier alpha value is -2.43. The number of aryl methyl sites for hydroxylation is 1. The maximum atomic E-state index is 12.5. The summed E-state index contributed by atoms with van der Waals surface area (Å²) < 4.78 is 0. The van der Waals surface area contributed by atoms with Crippen molar-refractivity contribution in [2.75, 3.05) is 11.9 Å². The molecule has 1 amide bonds. The van der Waals surface area contributed by atoms with Gasteiger partial charge in [-0.25, -0.2) is 9.97 Å². The van der Waals surface area contributed by atoms with E-state index >= 15 is 0 Å². The van der Waals surface area contributed by atoms with Crippen molar-refractivity contribution in [3.05, 3.63) is 53.5 Å². The Morgan fingerprint density at radius 3 is 2.54 bits per heavy atom. The van der Waals surface area contributed by atoms with E-state index in [1.54, 1.807) is 6.07 Å². The normalized spacial score (nSPS) is 15.3. The third-order valence-corrected chi connectivity index (χ3v) is 4.82. The quantitative estimate of drug-likeness (QED) is 0.774. The third-order valence-electron chi connectivity index (χ3n) is 4.82. The van der Waals surface area contributed by atoms with Crippen LogP contribution in [0.2, 0.25) is 0 Å². The molecule has 1 aromatic carbocycles. The molecule has 0 spiro atoms. The lowest BCUT2D eigenvalue weighted by Gasteiger charge is -2.17. The number of carbonyl (C=O) groups excluding carboxylic acids is 1.